The summed E-state index contributed by atoms with van der Waals surface area (Å²) in [4.78, 5) is 17.6. The summed E-state index contributed by atoms with van der Waals surface area (Å²) in [7, 11) is -2.92. The molecule has 5 rings (SSSR count). The minimum Gasteiger partial charge on any atom is -0.432 e. The van der Waals surface area contributed by atoms with Crippen molar-refractivity contribution < 1.29 is 17.6 Å². The number of hydrogen-bond donors (Lipinski definition) is 0. The number of anilines is 1. The maximum Gasteiger partial charge on any atom is 0.229 e. The van der Waals surface area contributed by atoms with Gasteiger partial charge in [0, 0.05) is 38.4 Å². The molecule has 30 heavy (non-hydrogen) atoms. The third-order valence-electron chi connectivity index (χ3n) is 5.87. The number of ether oxygens (including phenoxy) is 1. The molecule has 160 valence electrons. The van der Waals surface area contributed by atoms with E-state index in [-0.39, 0.29) is 22.8 Å². The summed E-state index contributed by atoms with van der Waals surface area (Å²) in [5.41, 5.74) is 2.66. The Morgan fingerprint density at radius 3 is 2.60 bits per heavy atom. The second-order valence-corrected chi connectivity index (χ2v) is 10.3. The van der Waals surface area contributed by atoms with Crippen LogP contribution in [0.1, 0.15) is 18.5 Å². The molecule has 0 aliphatic carbocycles. The molecule has 2 aliphatic heterocycles. The molecule has 11 heteroatoms. The predicted molar refractivity (Wildman–Crippen MR) is 114 cm³/mol. The van der Waals surface area contributed by atoms with Gasteiger partial charge in [-0.25, -0.2) is 18.4 Å². The number of furan rings is 1. The van der Waals surface area contributed by atoms with E-state index in [0.29, 0.717) is 62.0 Å². The van der Waals surface area contributed by atoms with Gasteiger partial charge in [0.2, 0.25) is 11.0 Å². The van der Waals surface area contributed by atoms with E-state index in [4.69, 9.17) is 20.8 Å². The zero-order valence-corrected chi connectivity index (χ0v) is 18.1. The number of halogens is 1. The fraction of sp³-hybridized carbons (Fsp3) is 0.526. The van der Waals surface area contributed by atoms with Crippen molar-refractivity contribution >= 4 is 49.5 Å². The average molecular weight is 452 g/mol. The standard InChI is InChI=1S/C19H22ClN5O4S/c1-12(24-4-8-30(26,27)9-5-24)13-10-14-15-16(29-18(14)21-11-13)17(23-19(20)22-15)25-2-6-28-7-3-25/h10-12H,2-9H2,1H3/t12-/m1/s1. The van der Waals surface area contributed by atoms with Crippen LogP contribution in [-0.4, -0.2) is 79.2 Å². The molecule has 5 heterocycles. The highest BCUT2D eigenvalue weighted by Gasteiger charge is 2.27. The molecule has 0 bridgehead atoms. The van der Waals surface area contributed by atoms with Gasteiger partial charge in [-0.2, -0.15) is 4.98 Å². The number of morpholine rings is 1. The van der Waals surface area contributed by atoms with E-state index >= 15 is 0 Å². The van der Waals surface area contributed by atoms with E-state index < -0.39 is 9.84 Å². The summed E-state index contributed by atoms with van der Waals surface area (Å²) in [6, 6.07) is 2.03. The number of nitrogens with zero attached hydrogens (tertiary/aromatic N) is 5. The van der Waals surface area contributed by atoms with Gasteiger partial charge in [0.25, 0.3) is 0 Å². The molecule has 3 aromatic heterocycles. The van der Waals surface area contributed by atoms with E-state index in [1.807, 2.05) is 6.07 Å². The molecule has 0 saturated carbocycles. The number of aromatic nitrogens is 3. The van der Waals surface area contributed by atoms with Crippen LogP contribution in [0.3, 0.4) is 0 Å². The van der Waals surface area contributed by atoms with Gasteiger partial charge in [0.05, 0.1) is 30.1 Å². The van der Waals surface area contributed by atoms with Crippen LogP contribution in [0.4, 0.5) is 5.82 Å². The Labute approximate surface area is 178 Å². The number of fused-ring (bicyclic) bond motifs is 3. The molecule has 2 fully saturated rings. The van der Waals surface area contributed by atoms with Crippen molar-refractivity contribution in [2.24, 2.45) is 0 Å². The first-order chi connectivity index (χ1) is 14.4. The Kier molecular flexibility index (Phi) is 5.04. The zero-order chi connectivity index (χ0) is 20.9. The van der Waals surface area contributed by atoms with Crippen LogP contribution in [0.2, 0.25) is 5.28 Å². The van der Waals surface area contributed by atoms with Crippen LogP contribution in [0.5, 0.6) is 0 Å². The highest BCUT2D eigenvalue weighted by molar-refractivity contribution is 7.91. The number of rotatable bonds is 3. The molecule has 2 aliphatic rings. The Morgan fingerprint density at radius 1 is 1.13 bits per heavy atom. The fourth-order valence-corrected chi connectivity index (χ4v) is 5.44. The van der Waals surface area contributed by atoms with Crippen molar-refractivity contribution in [2.75, 3.05) is 55.8 Å². The van der Waals surface area contributed by atoms with E-state index in [1.54, 1.807) is 6.20 Å². The summed E-state index contributed by atoms with van der Waals surface area (Å²) in [6.07, 6.45) is 1.78. The van der Waals surface area contributed by atoms with Crippen LogP contribution < -0.4 is 4.90 Å². The van der Waals surface area contributed by atoms with Crippen LogP contribution in [0.15, 0.2) is 16.7 Å². The molecule has 0 amide bonds. The van der Waals surface area contributed by atoms with Gasteiger partial charge < -0.3 is 14.1 Å². The van der Waals surface area contributed by atoms with Gasteiger partial charge in [0.15, 0.2) is 21.2 Å². The maximum absolute atomic E-state index is 11.7. The quantitative estimate of drug-likeness (QED) is 0.553. The molecule has 3 aromatic rings. The minimum absolute atomic E-state index is 0.0263. The van der Waals surface area contributed by atoms with Gasteiger partial charge in [-0.3, -0.25) is 4.90 Å². The molecule has 0 unspecified atom stereocenters. The molecule has 0 radical (unpaired) electrons. The third kappa shape index (κ3) is 3.62. The Hall–Kier alpha value is -2.01. The van der Waals surface area contributed by atoms with Gasteiger partial charge >= 0.3 is 0 Å². The zero-order valence-electron chi connectivity index (χ0n) is 16.5. The summed E-state index contributed by atoms with van der Waals surface area (Å²) in [5.74, 6) is 1.03. The number of hydrogen-bond acceptors (Lipinski definition) is 9. The first-order valence-corrected chi connectivity index (χ1v) is 12.1. The number of pyridine rings is 1. The first-order valence-electron chi connectivity index (χ1n) is 9.94. The molecule has 9 nitrogen and oxygen atoms in total. The van der Waals surface area contributed by atoms with Gasteiger partial charge in [0.1, 0.15) is 5.52 Å². The average Bonchev–Trinajstić information content (AvgIpc) is 3.11. The van der Waals surface area contributed by atoms with Gasteiger partial charge in [-0.05, 0) is 30.2 Å². The molecule has 0 aromatic carbocycles. The van der Waals surface area contributed by atoms with Crippen molar-refractivity contribution in [3.63, 3.8) is 0 Å². The SMILES string of the molecule is C[C@H](c1cnc2oc3c(N4CCOCC4)nc(Cl)nc3c2c1)N1CCS(=O)(=O)CC1. The van der Waals surface area contributed by atoms with Crippen molar-refractivity contribution in [1.29, 1.82) is 0 Å². The summed E-state index contributed by atoms with van der Waals surface area (Å²) < 4.78 is 35.0. The molecule has 0 N–H and O–H groups in total. The topological polar surface area (TPSA) is 102 Å². The number of sulfone groups is 1. The van der Waals surface area contributed by atoms with Crippen LogP contribution in [0.25, 0.3) is 22.2 Å². The molecule has 0 spiro atoms. The highest BCUT2D eigenvalue weighted by Crippen LogP contribution is 2.35. The lowest BCUT2D eigenvalue weighted by Gasteiger charge is -2.32. The van der Waals surface area contributed by atoms with Crippen molar-refractivity contribution in [1.82, 2.24) is 19.9 Å². The lowest BCUT2D eigenvalue weighted by molar-refractivity contribution is 0.122. The van der Waals surface area contributed by atoms with Crippen molar-refractivity contribution in [3.05, 3.63) is 23.1 Å². The maximum atomic E-state index is 11.7. The van der Waals surface area contributed by atoms with E-state index in [9.17, 15) is 8.42 Å². The van der Waals surface area contributed by atoms with Crippen LogP contribution >= 0.6 is 11.6 Å². The smallest absolute Gasteiger partial charge is 0.229 e. The van der Waals surface area contributed by atoms with Crippen molar-refractivity contribution in [3.8, 4) is 0 Å². The predicted octanol–water partition coefficient (Wildman–Crippen LogP) is 2.05. The Balaban J connectivity index is 1.54. The first kappa shape index (κ1) is 19.9. The summed E-state index contributed by atoms with van der Waals surface area (Å²) in [5, 5.41) is 0.934. The van der Waals surface area contributed by atoms with Crippen LogP contribution in [-0.2, 0) is 14.6 Å². The molecular weight excluding hydrogens is 430 g/mol. The van der Waals surface area contributed by atoms with Crippen molar-refractivity contribution in [2.45, 2.75) is 13.0 Å². The summed E-state index contributed by atoms with van der Waals surface area (Å²) in [6.45, 7) is 5.74. The van der Waals surface area contributed by atoms with E-state index in [2.05, 4.69) is 31.7 Å². The Bertz CT molecular complexity index is 1190. The van der Waals surface area contributed by atoms with Crippen LogP contribution in [0, 0.1) is 0 Å². The second-order valence-electron chi connectivity index (χ2n) is 7.68. The largest absolute Gasteiger partial charge is 0.432 e. The lowest BCUT2D eigenvalue weighted by Crippen LogP contribution is -2.41. The second kappa shape index (κ2) is 7.60. The van der Waals surface area contributed by atoms with E-state index in [0.717, 1.165) is 10.9 Å². The van der Waals surface area contributed by atoms with Gasteiger partial charge in [-0.15, -0.1) is 0 Å². The van der Waals surface area contributed by atoms with E-state index in [1.165, 1.54) is 0 Å². The lowest BCUT2D eigenvalue weighted by atomic mass is 10.1. The Morgan fingerprint density at radius 2 is 1.87 bits per heavy atom. The highest BCUT2D eigenvalue weighted by atomic mass is 35.5. The molecule has 2 saturated heterocycles. The summed E-state index contributed by atoms with van der Waals surface area (Å²) >= 11 is 6.24. The monoisotopic (exact) mass is 451 g/mol. The minimum atomic E-state index is -2.92. The fourth-order valence-electron chi connectivity index (χ4n) is 4.05. The normalized spacial score (nSPS) is 21.3. The molecule has 1 atom stereocenters. The van der Waals surface area contributed by atoms with Gasteiger partial charge in [-0.1, -0.05) is 0 Å². The molecular formula is C19H22ClN5O4S. The third-order valence-corrected chi connectivity index (χ3v) is 7.64.